The van der Waals surface area contributed by atoms with Crippen LogP contribution in [0.25, 0.3) is 0 Å². The van der Waals surface area contributed by atoms with E-state index in [1.165, 1.54) is 18.4 Å². The van der Waals surface area contributed by atoms with Gasteiger partial charge >= 0.3 is 0 Å². The molecule has 2 heterocycles. The molecule has 0 amide bonds. The topological polar surface area (TPSA) is 41.1 Å². The molecule has 1 N–H and O–H groups in total. The highest BCUT2D eigenvalue weighted by Gasteiger charge is 2.31. The molecular weight excluding hydrogens is 268 g/mol. The van der Waals surface area contributed by atoms with E-state index < -0.39 is 0 Å². The lowest BCUT2D eigenvalue weighted by Crippen LogP contribution is -2.27. The Morgan fingerprint density at radius 2 is 2.25 bits per heavy atom. The zero-order valence-electron chi connectivity index (χ0n) is 12.0. The first-order chi connectivity index (χ1) is 9.79. The van der Waals surface area contributed by atoms with Crippen LogP contribution in [0.15, 0.2) is 23.2 Å². The van der Waals surface area contributed by atoms with Gasteiger partial charge in [-0.25, -0.2) is 9.97 Å². The summed E-state index contributed by atoms with van der Waals surface area (Å²) in [5.74, 6) is 2.03. The summed E-state index contributed by atoms with van der Waals surface area (Å²) in [6.07, 6.45) is 4.21. The molecule has 3 rings (SSSR count). The van der Waals surface area contributed by atoms with Crippen molar-refractivity contribution in [2.75, 3.05) is 16.8 Å². The van der Waals surface area contributed by atoms with Crippen molar-refractivity contribution in [3.8, 4) is 0 Å². The Labute approximate surface area is 123 Å². The van der Waals surface area contributed by atoms with Crippen molar-refractivity contribution in [2.24, 2.45) is 0 Å². The van der Waals surface area contributed by atoms with Crippen LogP contribution < -0.4 is 10.2 Å². The Bertz CT molecular complexity index is 563. The quantitative estimate of drug-likeness (QED) is 0.884. The van der Waals surface area contributed by atoms with Crippen LogP contribution in [0.5, 0.6) is 0 Å². The monoisotopic (exact) mass is 288 g/mol. The molecule has 1 aliphatic rings. The van der Waals surface area contributed by atoms with Gasteiger partial charge in [0.15, 0.2) is 0 Å². The van der Waals surface area contributed by atoms with Crippen molar-refractivity contribution in [1.82, 2.24) is 9.97 Å². The molecule has 0 radical (unpaired) electrons. The highest BCUT2D eigenvalue weighted by molar-refractivity contribution is 7.07. The Balaban J connectivity index is 1.89. The van der Waals surface area contributed by atoms with Gasteiger partial charge in [0.2, 0.25) is 0 Å². The lowest BCUT2D eigenvalue weighted by Gasteiger charge is -2.25. The van der Waals surface area contributed by atoms with Crippen LogP contribution in [0.3, 0.4) is 0 Å². The Hall–Kier alpha value is -1.62. The fraction of sp³-hybridized carbons (Fsp3) is 0.467. The Kier molecular flexibility index (Phi) is 3.87. The molecule has 0 unspecified atom stereocenters. The second kappa shape index (κ2) is 5.79. The predicted molar refractivity (Wildman–Crippen MR) is 84.5 cm³/mol. The van der Waals surface area contributed by atoms with Gasteiger partial charge in [0.05, 0.1) is 0 Å². The fourth-order valence-corrected chi connectivity index (χ4v) is 3.08. The third kappa shape index (κ3) is 2.77. The maximum absolute atomic E-state index is 4.54. The van der Waals surface area contributed by atoms with Crippen LogP contribution in [-0.2, 0) is 6.54 Å². The van der Waals surface area contributed by atoms with Gasteiger partial charge in [-0.05, 0) is 49.1 Å². The number of aromatic nitrogens is 2. The van der Waals surface area contributed by atoms with E-state index in [2.05, 4.69) is 50.9 Å². The minimum Gasteiger partial charge on any atom is -0.370 e. The van der Waals surface area contributed by atoms with Crippen LogP contribution >= 0.6 is 11.3 Å². The summed E-state index contributed by atoms with van der Waals surface area (Å²) in [6.45, 7) is 6.02. The highest BCUT2D eigenvalue weighted by atomic mass is 32.1. The third-order valence-corrected chi connectivity index (χ3v) is 4.33. The maximum atomic E-state index is 4.54. The van der Waals surface area contributed by atoms with Gasteiger partial charge in [-0.2, -0.15) is 11.3 Å². The lowest BCUT2D eigenvalue weighted by molar-refractivity contribution is 0.772. The van der Waals surface area contributed by atoms with Gasteiger partial charge < -0.3 is 10.2 Å². The first kappa shape index (κ1) is 13.4. The number of hydrogen-bond acceptors (Lipinski definition) is 5. The van der Waals surface area contributed by atoms with Crippen molar-refractivity contribution >= 4 is 23.0 Å². The molecule has 1 aliphatic carbocycles. The lowest BCUT2D eigenvalue weighted by atomic mass is 10.2. The maximum Gasteiger partial charge on any atom is 0.137 e. The molecule has 1 saturated carbocycles. The van der Waals surface area contributed by atoms with Gasteiger partial charge in [0.1, 0.15) is 18.0 Å². The van der Waals surface area contributed by atoms with Crippen molar-refractivity contribution in [3.63, 3.8) is 0 Å². The van der Waals surface area contributed by atoms with Gasteiger partial charge in [0, 0.05) is 24.7 Å². The molecule has 0 atom stereocenters. The third-order valence-electron chi connectivity index (χ3n) is 3.59. The molecule has 2 aromatic rings. The SMILES string of the molecule is CCNc1ncnc(N(Cc2ccsc2)C2CC2)c1C. The van der Waals surface area contributed by atoms with E-state index in [0.717, 1.165) is 30.3 Å². The van der Waals surface area contributed by atoms with E-state index in [1.807, 2.05) is 0 Å². The zero-order chi connectivity index (χ0) is 13.9. The summed E-state index contributed by atoms with van der Waals surface area (Å²) < 4.78 is 0. The second-order valence-electron chi connectivity index (χ2n) is 5.19. The molecule has 0 spiro atoms. The summed E-state index contributed by atoms with van der Waals surface area (Å²) in [7, 11) is 0. The number of hydrogen-bond donors (Lipinski definition) is 1. The average molecular weight is 288 g/mol. The molecule has 0 aromatic carbocycles. The number of rotatable bonds is 6. The predicted octanol–water partition coefficient (Wildman–Crippen LogP) is 3.45. The summed E-state index contributed by atoms with van der Waals surface area (Å²) in [4.78, 5) is 11.3. The normalized spacial score (nSPS) is 14.3. The standard InChI is InChI=1S/C15H20N4S/c1-3-16-14-11(2)15(18-10-17-14)19(13-4-5-13)8-12-6-7-20-9-12/h6-7,9-10,13H,3-5,8H2,1-2H3,(H,16,17,18). The summed E-state index contributed by atoms with van der Waals surface area (Å²) in [6, 6.07) is 2.83. The minimum atomic E-state index is 0.637. The van der Waals surface area contributed by atoms with Crippen LogP contribution in [-0.4, -0.2) is 22.6 Å². The second-order valence-corrected chi connectivity index (χ2v) is 5.97. The molecule has 0 bridgehead atoms. The molecule has 0 saturated heterocycles. The molecular formula is C15H20N4S. The molecule has 106 valence electrons. The van der Waals surface area contributed by atoms with E-state index in [1.54, 1.807) is 17.7 Å². The Morgan fingerprint density at radius 3 is 2.90 bits per heavy atom. The summed E-state index contributed by atoms with van der Waals surface area (Å²) in [5, 5.41) is 7.67. The number of thiophene rings is 1. The number of anilines is 2. The van der Waals surface area contributed by atoms with Crippen LogP contribution in [0.4, 0.5) is 11.6 Å². The van der Waals surface area contributed by atoms with E-state index in [0.29, 0.717) is 6.04 Å². The summed E-state index contributed by atoms with van der Waals surface area (Å²) >= 11 is 1.75. The number of nitrogens with one attached hydrogen (secondary N) is 1. The van der Waals surface area contributed by atoms with Crippen molar-refractivity contribution < 1.29 is 0 Å². The van der Waals surface area contributed by atoms with E-state index in [9.17, 15) is 0 Å². The molecule has 1 fully saturated rings. The first-order valence-corrected chi connectivity index (χ1v) is 8.07. The molecule has 4 nitrogen and oxygen atoms in total. The van der Waals surface area contributed by atoms with Crippen LogP contribution in [0, 0.1) is 6.92 Å². The average Bonchev–Trinajstić information content (AvgIpc) is 3.16. The largest absolute Gasteiger partial charge is 0.370 e. The van der Waals surface area contributed by atoms with Crippen molar-refractivity contribution in [3.05, 3.63) is 34.3 Å². The smallest absolute Gasteiger partial charge is 0.137 e. The fourth-order valence-electron chi connectivity index (χ4n) is 2.42. The first-order valence-electron chi connectivity index (χ1n) is 7.12. The van der Waals surface area contributed by atoms with Crippen LogP contribution in [0.1, 0.15) is 30.9 Å². The van der Waals surface area contributed by atoms with Gasteiger partial charge in [-0.3, -0.25) is 0 Å². The number of nitrogens with zero attached hydrogens (tertiary/aromatic N) is 3. The van der Waals surface area contributed by atoms with Crippen LogP contribution in [0.2, 0.25) is 0 Å². The van der Waals surface area contributed by atoms with Gasteiger partial charge in [-0.15, -0.1) is 0 Å². The van der Waals surface area contributed by atoms with Crippen molar-refractivity contribution in [1.29, 1.82) is 0 Å². The highest BCUT2D eigenvalue weighted by Crippen LogP contribution is 2.35. The van der Waals surface area contributed by atoms with Crippen molar-refractivity contribution in [2.45, 2.75) is 39.3 Å². The van der Waals surface area contributed by atoms with E-state index >= 15 is 0 Å². The molecule has 5 heteroatoms. The van der Waals surface area contributed by atoms with Gasteiger partial charge in [0.25, 0.3) is 0 Å². The molecule has 0 aliphatic heterocycles. The summed E-state index contributed by atoms with van der Waals surface area (Å²) in [5.41, 5.74) is 2.52. The van der Waals surface area contributed by atoms with Gasteiger partial charge in [-0.1, -0.05) is 0 Å². The molecule has 2 aromatic heterocycles. The zero-order valence-corrected chi connectivity index (χ0v) is 12.8. The Morgan fingerprint density at radius 1 is 1.40 bits per heavy atom. The molecule has 20 heavy (non-hydrogen) atoms. The van der Waals surface area contributed by atoms with E-state index in [4.69, 9.17) is 0 Å². The van der Waals surface area contributed by atoms with E-state index in [-0.39, 0.29) is 0 Å². The minimum absolute atomic E-state index is 0.637.